The van der Waals surface area contributed by atoms with E-state index < -0.39 is 47.9 Å². The molecule has 1 heterocycles. The molecule has 9 heteroatoms. The zero-order valence-electron chi connectivity index (χ0n) is 19.7. The van der Waals surface area contributed by atoms with Crippen LogP contribution in [0.3, 0.4) is 0 Å². The highest BCUT2D eigenvalue weighted by molar-refractivity contribution is 5.94. The Hall–Kier alpha value is -3.72. The molecule has 0 aromatic heterocycles. The maximum Gasteiger partial charge on any atom is 0.326 e. The Morgan fingerprint density at radius 2 is 1.49 bits per heavy atom. The third kappa shape index (κ3) is 7.13. The number of nitrogens with two attached hydrogens (primary N) is 1. The van der Waals surface area contributed by atoms with Gasteiger partial charge in [0.2, 0.25) is 17.7 Å². The lowest BCUT2D eigenvalue weighted by Gasteiger charge is -2.30. The van der Waals surface area contributed by atoms with Crippen LogP contribution in [0.25, 0.3) is 0 Å². The molecule has 0 aliphatic carbocycles. The minimum absolute atomic E-state index is 0.129. The summed E-state index contributed by atoms with van der Waals surface area (Å²) < 4.78 is 0. The van der Waals surface area contributed by atoms with E-state index in [4.69, 9.17) is 5.73 Å². The monoisotopic (exact) mass is 480 g/mol. The van der Waals surface area contributed by atoms with Crippen molar-refractivity contribution in [3.05, 3.63) is 71.8 Å². The topological polar surface area (TPSA) is 142 Å². The highest BCUT2D eigenvalue weighted by Crippen LogP contribution is 2.20. The number of nitrogens with one attached hydrogen (secondary N) is 2. The number of hydrogen-bond acceptors (Lipinski definition) is 5. The lowest BCUT2D eigenvalue weighted by Crippen LogP contribution is -2.57. The van der Waals surface area contributed by atoms with Crippen molar-refractivity contribution in [3.8, 4) is 0 Å². The lowest BCUT2D eigenvalue weighted by atomic mass is 10.0. The van der Waals surface area contributed by atoms with E-state index in [9.17, 15) is 24.3 Å². The molecule has 1 aliphatic rings. The summed E-state index contributed by atoms with van der Waals surface area (Å²) in [4.78, 5) is 52.2. The van der Waals surface area contributed by atoms with Gasteiger partial charge in [-0.05, 0) is 30.9 Å². The fraction of sp³-hybridized carbons (Fsp3) is 0.385. The van der Waals surface area contributed by atoms with Crippen molar-refractivity contribution in [1.82, 2.24) is 15.5 Å². The zero-order chi connectivity index (χ0) is 25.4. The zero-order valence-corrected chi connectivity index (χ0v) is 19.7. The number of likely N-dealkylation sites (tertiary alicyclic amines) is 1. The molecule has 35 heavy (non-hydrogen) atoms. The number of benzene rings is 2. The van der Waals surface area contributed by atoms with Crippen LogP contribution >= 0.6 is 0 Å². The van der Waals surface area contributed by atoms with Gasteiger partial charge in [0, 0.05) is 19.4 Å². The van der Waals surface area contributed by atoms with E-state index in [1.165, 1.54) is 11.8 Å². The van der Waals surface area contributed by atoms with Gasteiger partial charge in [-0.15, -0.1) is 0 Å². The molecule has 1 aliphatic heterocycles. The average molecular weight is 481 g/mol. The van der Waals surface area contributed by atoms with Crippen LogP contribution in [-0.4, -0.2) is 64.4 Å². The molecule has 9 nitrogen and oxygen atoms in total. The Balaban J connectivity index is 1.74. The fourth-order valence-corrected chi connectivity index (χ4v) is 4.17. The fourth-order valence-electron chi connectivity index (χ4n) is 4.17. The maximum atomic E-state index is 13.5. The van der Waals surface area contributed by atoms with E-state index in [0.29, 0.717) is 19.4 Å². The maximum absolute atomic E-state index is 13.5. The molecular weight excluding hydrogens is 448 g/mol. The van der Waals surface area contributed by atoms with E-state index in [0.717, 1.165) is 11.1 Å². The Labute approximate surface area is 204 Å². The summed E-state index contributed by atoms with van der Waals surface area (Å²) in [6.07, 6.45) is 1.38. The molecule has 0 saturated carbocycles. The van der Waals surface area contributed by atoms with Crippen LogP contribution in [0.2, 0.25) is 0 Å². The predicted octanol–water partition coefficient (Wildman–Crippen LogP) is 0.864. The number of rotatable bonds is 10. The van der Waals surface area contributed by atoms with E-state index in [1.54, 1.807) is 24.3 Å². The van der Waals surface area contributed by atoms with Crippen LogP contribution in [0.4, 0.5) is 0 Å². The second-order valence-electron chi connectivity index (χ2n) is 8.82. The van der Waals surface area contributed by atoms with Gasteiger partial charge in [0.05, 0.1) is 6.04 Å². The van der Waals surface area contributed by atoms with Crippen LogP contribution in [0.15, 0.2) is 60.7 Å². The molecule has 4 atom stereocenters. The molecule has 0 spiro atoms. The molecule has 4 unspecified atom stereocenters. The SMILES string of the molecule is CC(N)C(=O)NC(Cc1ccccc1)C(=O)N1CCCC1C(=O)NC(Cc1ccccc1)C(=O)O. The van der Waals surface area contributed by atoms with Gasteiger partial charge in [-0.3, -0.25) is 14.4 Å². The smallest absolute Gasteiger partial charge is 0.326 e. The highest BCUT2D eigenvalue weighted by atomic mass is 16.4. The first-order chi connectivity index (χ1) is 16.8. The van der Waals surface area contributed by atoms with E-state index >= 15 is 0 Å². The molecule has 2 aromatic rings. The molecule has 186 valence electrons. The first-order valence-corrected chi connectivity index (χ1v) is 11.7. The minimum Gasteiger partial charge on any atom is -0.480 e. The molecule has 5 N–H and O–H groups in total. The number of carboxylic acids is 1. The van der Waals surface area contributed by atoms with Crippen molar-refractivity contribution in [2.45, 2.75) is 56.8 Å². The van der Waals surface area contributed by atoms with E-state index in [2.05, 4.69) is 10.6 Å². The van der Waals surface area contributed by atoms with Gasteiger partial charge in [-0.1, -0.05) is 60.7 Å². The lowest BCUT2D eigenvalue weighted by molar-refractivity contribution is -0.144. The molecule has 2 aromatic carbocycles. The second kappa shape index (κ2) is 12.1. The number of amides is 3. The highest BCUT2D eigenvalue weighted by Gasteiger charge is 2.39. The van der Waals surface area contributed by atoms with Crippen LogP contribution in [0.5, 0.6) is 0 Å². The van der Waals surface area contributed by atoms with Crippen molar-refractivity contribution in [2.24, 2.45) is 5.73 Å². The minimum atomic E-state index is -1.15. The summed E-state index contributed by atoms with van der Waals surface area (Å²) in [6, 6.07) is 14.6. The Bertz CT molecular complexity index is 1030. The van der Waals surface area contributed by atoms with Gasteiger partial charge in [-0.2, -0.15) is 0 Å². The quantitative estimate of drug-likeness (QED) is 0.397. The van der Waals surface area contributed by atoms with Gasteiger partial charge in [-0.25, -0.2) is 4.79 Å². The Morgan fingerprint density at radius 3 is 2.00 bits per heavy atom. The second-order valence-corrected chi connectivity index (χ2v) is 8.82. The molecule has 0 bridgehead atoms. The normalized spacial score (nSPS) is 17.8. The van der Waals surface area contributed by atoms with Gasteiger partial charge >= 0.3 is 5.97 Å². The summed E-state index contributed by atoms with van der Waals surface area (Å²) in [6.45, 7) is 1.87. The third-order valence-electron chi connectivity index (χ3n) is 6.05. The first kappa shape index (κ1) is 25.9. The molecule has 3 amide bonds. The van der Waals surface area contributed by atoms with Crippen molar-refractivity contribution >= 4 is 23.7 Å². The molecule has 3 rings (SSSR count). The molecule has 1 fully saturated rings. The van der Waals surface area contributed by atoms with Crippen LogP contribution in [0, 0.1) is 0 Å². The number of nitrogens with zero attached hydrogens (tertiary/aromatic N) is 1. The number of carbonyl (C=O) groups excluding carboxylic acids is 3. The molecule has 0 radical (unpaired) electrons. The summed E-state index contributed by atoms with van der Waals surface area (Å²) in [5, 5.41) is 15.0. The van der Waals surface area contributed by atoms with Crippen LogP contribution in [0.1, 0.15) is 30.9 Å². The summed E-state index contributed by atoms with van der Waals surface area (Å²) >= 11 is 0. The van der Waals surface area contributed by atoms with Crippen molar-refractivity contribution < 1.29 is 24.3 Å². The molecule has 1 saturated heterocycles. The van der Waals surface area contributed by atoms with Crippen molar-refractivity contribution in [1.29, 1.82) is 0 Å². The number of aliphatic carboxylic acids is 1. The van der Waals surface area contributed by atoms with Gasteiger partial charge in [0.1, 0.15) is 18.1 Å². The summed E-state index contributed by atoms with van der Waals surface area (Å²) in [7, 11) is 0. The standard InChI is InChI=1S/C26H32N4O5/c1-17(27)23(31)28-20(15-18-9-4-2-5-10-18)25(33)30-14-8-13-22(30)24(32)29-21(26(34)35)16-19-11-6-3-7-12-19/h2-7,9-12,17,20-22H,8,13-16,27H2,1H3,(H,28,31)(H,29,32)(H,34,35). The number of carbonyl (C=O) groups is 4. The van der Waals surface area contributed by atoms with Gasteiger partial charge < -0.3 is 26.4 Å². The van der Waals surface area contributed by atoms with Crippen LogP contribution < -0.4 is 16.4 Å². The van der Waals surface area contributed by atoms with Crippen molar-refractivity contribution in [2.75, 3.05) is 6.54 Å². The summed E-state index contributed by atoms with van der Waals surface area (Å²) in [5.41, 5.74) is 7.33. The Morgan fingerprint density at radius 1 is 0.943 bits per heavy atom. The Kier molecular flexibility index (Phi) is 8.97. The van der Waals surface area contributed by atoms with Crippen molar-refractivity contribution in [3.63, 3.8) is 0 Å². The molecular formula is C26H32N4O5. The number of hydrogen-bond donors (Lipinski definition) is 4. The van der Waals surface area contributed by atoms with E-state index in [1.807, 2.05) is 36.4 Å². The van der Waals surface area contributed by atoms with Gasteiger partial charge in [0.25, 0.3) is 0 Å². The van der Waals surface area contributed by atoms with E-state index in [-0.39, 0.29) is 12.8 Å². The number of carboxylic acid groups (broad SMARTS) is 1. The van der Waals surface area contributed by atoms with Gasteiger partial charge in [0.15, 0.2) is 0 Å². The predicted molar refractivity (Wildman–Crippen MR) is 130 cm³/mol. The van der Waals surface area contributed by atoms with Crippen LogP contribution in [-0.2, 0) is 32.0 Å². The average Bonchev–Trinajstić information content (AvgIpc) is 3.34. The largest absolute Gasteiger partial charge is 0.480 e. The summed E-state index contributed by atoms with van der Waals surface area (Å²) in [5.74, 6) is -2.52. The third-order valence-corrected chi connectivity index (χ3v) is 6.05. The first-order valence-electron chi connectivity index (χ1n) is 11.7.